The lowest BCUT2D eigenvalue weighted by Gasteiger charge is -2.35. The molecule has 1 fully saturated rings. The molecule has 1 aliphatic heterocycles. The van der Waals surface area contributed by atoms with Gasteiger partial charge in [-0.3, -0.25) is 4.79 Å². The molecule has 0 bridgehead atoms. The maximum Gasteiger partial charge on any atom is 0.420 e. The SMILES string of the molecule is C=C(C(=O)SC1(CSC)CCSCC1)C(F)(F)F. The van der Waals surface area contributed by atoms with Gasteiger partial charge in [0.1, 0.15) is 5.57 Å². The van der Waals surface area contributed by atoms with E-state index >= 15 is 0 Å². The van der Waals surface area contributed by atoms with Crippen molar-refractivity contribution in [1.29, 1.82) is 0 Å². The van der Waals surface area contributed by atoms with Gasteiger partial charge < -0.3 is 0 Å². The number of rotatable bonds is 4. The summed E-state index contributed by atoms with van der Waals surface area (Å²) in [5.41, 5.74) is -1.24. The lowest BCUT2D eigenvalue weighted by atomic mass is 10.0. The van der Waals surface area contributed by atoms with Gasteiger partial charge in [0.15, 0.2) is 0 Å². The summed E-state index contributed by atoms with van der Waals surface area (Å²) in [4.78, 5) is 11.7. The third kappa shape index (κ3) is 4.42. The second-order valence-electron chi connectivity index (χ2n) is 4.09. The van der Waals surface area contributed by atoms with Crippen molar-refractivity contribution in [2.75, 3.05) is 23.5 Å². The molecule has 1 nitrogen and oxygen atoms in total. The van der Waals surface area contributed by atoms with E-state index in [0.29, 0.717) is 5.75 Å². The van der Waals surface area contributed by atoms with Gasteiger partial charge in [-0.25, -0.2) is 0 Å². The monoisotopic (exact) mass is 316 g/mol. The quantitative estimate of drug-likeness (QED) is 0.729. The first-order chi connectivity index (χ1) is 8.31. The zero-order chi connectivity index (χ0) is 13.8. The molecule has 1 aliphatic rings. The lowest BCUT2D eigenvalue weighted by Crippen LogP contribution is -2.35. The lowest BCUT2D eigenvalue weighted by molar-refractivity contribution is -0.121. The van der Waals surface area contributed by atoms with Gasteiger partial charge in [-0.2, -0.15) is 36.7 Å². The van der Waals surface area contributed by atoms with E-state index in [4.69, 9.17) is 0 Å². The maximum atomic E-state index is 12.4. The van der Waals surface area contributed by atoms with Crippen LogP contribution in [0.2, 0.25) is 0 Å². The van der Waals surface area contributed by atoms with E-state index in [-0.39, 0.29) is 4.75 Å². The van der Waals surface area contributed by atoms with Gasteiger partial charge in [0.25, 0.3) is 0 Å². The van der Waals surface area contributed by atoms with Crippen LogP contribution < -0.4 is 0 Å². The normalized spacial score (nSPS) is 19.6. The van der Waals surface area contributed by atoms with Crippen LogP contribution >= 0.6 is 35.3 Å². The minimum atomic E-state index is -4.62. The van der Waals surface area contributed by atoms with Crippen LogP contribution in [0, 0.1) is 0 Å². The molecule has 0 atom stereocenters. The second-order valence-corrected chi connectivity index (χ2v) is 7.63. The molecule has 0 aromatic heterocycles. The van der Waals surface area contributed by atoms with E-state index in [1.807, 2.05) is 6.26 Å². The Morgan fingerprint density at radius 2 is 1.94 bits per heavy atom. The molecule has 0 saturated carbocycles. The van der Waals surface area contributed by atoms with Gasteiger partial charge in [0.2, 0.25) is 5.12 Å². The fourth-order valence-electron chi connectivity index (χ4n) is 1.66. The van der Waals surface area contributed by atoms with Crippen LogP contribution in [0.5, 0.6) is 0 Å². The average Bonchev–Trinajstić information content (AvgIpc) is 2.28. The molecule has 0 spiro atoms. The molecule has 0 radical (unpaired) electrons. The topological polar surface area (TPSA) is 17.1 Å². The molecule has 1 heterocycles. The molecule has 0 amide bonds. The van der Waals surface area contributed by atoms with Gasteiger partial charge in [0, 0.05) is 10.5 Å². The number of thioether (sulfide) groups is 3. The van der Waals surface area contributed by atoms with Crippen molar-refractivity contribution in [2.45, 2.75) is 23.8 Å². The van der Waals surface area contributed by atoms with Crippen LogP contribution in [-0.4, -0.2) is 39.6 Å². The van der Waals surface area contributed by atoms with Crippen molar-refractivity contribution in [2.24, 2.45) is 0 Å². The number of alkyl halides is 3. The molecular formula is C11H15F3OS3. The molecule has 0 aromatic rings. The van der Waals surface area contributed by atoms with Crippen molar-refractivity contribution >= 4 is 40.4 Å². The van der Waals surface area contributed by atoms with Gasteiger partial charge in [-0.1, -0.05) is 18.3 Å². The van der Waals surface area contributed by atoms with Crippen molar-refractivity contribution < 1.29 is 18.0 Å². The van der Waals surface area contributed by atoms with E-state index in [1.54, 1.807) is 23.5 Å². The Labute approximate surface area is 118 Å². The number of carbonyl (C=O) groups excluding carboxylic acids is 1. The summed E-state index contributed by atoms with van der Waals surface area (Å²) in [5, 5.41) is -0.927. The number of hydrogen-bond acceptors (Lipinski definition) is 4. The summed E-state index contributed by atoms with van der Waals surface area (Å²) in [6.45, 7) is 2.88. The Hall–Kier alpha value is 0.250. The molecule has 0 aromatic carbocycles. The zero-order valence-corrected chi connectivity index (χ0v) is 12.5. The van der Waals surface area contributed by atoms with E-state index < -0.39 is 16.9 Å². The predicted octanol–water partition coefficient (Wildman–Crippen LogP) is 3.99. The standard InChI is InChI=1S/C11H15F3OS3/c1-8(11(12,13)14)9(15)18-10(7-16-2)3-5-17-6-4-10/h1,3-7H2,2H3. The molecule has 1 saturated heterocycles. The Morgan fingerprint density at radius 3 is 2.39 bits per heavy atom. The van der Waals surface area contributed by atoms with Crippen molar-refractivity contribution in [3.8, 4) is 0 Å². The zero-order valence-electron chi connectivity index (χ0n) is 10.0. The Bertz CT molecular complexity index is 316. The summed E-state index contributed by atoms with van der Waals surface area (Å²) < 4.78 is 36.9. The molecule has 18 heavy (non-hydrogen) atoms. The average molecular weight is 316 g/mol. The van der Waals surface area contributed by atoms with Crippen LogP contribution in [0.4, 0.5) is 13.2 Å². The molecular weight excluding hydrogens is 301 g/mol. The minimum absolute atomic E-state index is 0.351. The summed E-state index contributed by atoms with van der Waals surface area (Å²) in [5.74, 6) is 2.51. The van der Waals surface area contributed by atoms with Gasteiger partial charge >= 0.3 is 6.18 Å². The highest BCUT2D eigenvalue weighted by Crippen LogP contribution is 2.43. The van der Waals surface area contributed by atoms with Gasteiger partial charge in [-0.05, 0) is 30.6 Å². The summed E-state index contributed by atoms with van der Waals surface area (Å²) >= 11 is 4.20. The van der Waals surface area contributed by atoms with Gasteiger partial charge in [-0.15, -0.1) is 0 Å². The third-order valence-corrected chi connectivity index (χ3v) is 6.14. The molecule has 1 rings (SSSR count). The predicted molar refractivity (Wildman–Crippen MR) is 75.5 cm³/mol. The highest BCUT2D eigenvalue weighted by molar-refractivity contribution is 8.16. The van der Waals surface area contributed by atoms with Crippen molar-refractivity contribution in [3.05, 3.63) is 12.2 Å². The Balaban J connectivity index is 2.72. The molecule has 0 N–H and O–H groups in total. The molecule has 104 valence electrons. The first-order valence-electron chi connectivity index (χ1n) is 5.37. The van der Waals surface area contributed by atoms with Crippen LogP contribution in [0.1, 0.15) is 12.8 Å². The maximum absolute atomic E-state index is 12.4. The van der Waals surface area contributed by atoms with E-state index in [0.717, 1.165) is 36.1 Å². The number of carbonyl (C=O) groups is 1. The largest absolute Gasteiger partial charge is 0.420 e. The van der Waals surface area contributed by atoms with Gasteiger partial charge in [0.05, 0.1) is 0 Å². The summed E-state index contributed by atoms with van der Waals surface area (Å²) in [6.07, 6.45) is -1.15. The Morgan fingerprint density at radius 1 is 1.39 bits per heavy atom. The number of hydrogen-bond donors (Lipinski definition) is 0. The molecule has 0 unspecified atom stereocenters. The van der Waals surface area contributed by atoms with Crippen molar-refractivity contribution in [1.82, 2.24) is 0 Å². The van der Waals surface area contributed by atoms with Crippen molar-refractivity contribution in [3.63, 3.8) is 0 Å². The first kappa shape index (κ1) is 16.3. The molecule has 0 aliphatic carbocycles. The highest BCUT2D eigenvalue weighted by atomic mass is 32.2. The fourth-order valence-corrected chi connectivity index (χ4v) is 5.63. The van der Waals surface area contributed by atoms with E-state index in [9.17, 15) is 18.0 Å². The van der Waals surface area contributed by atoms with E-state index in [1.165, 1.54) is 0 Å². The molecule has 7 heteroatoms. The van der Waals surface area contributed by atoms with E-state index in [2.05, 4.69) is 6.58 Å². The Kier molecular flexibility index (Phi) is 5.99. The summed E-state index contributed by atoms with van der Waals surface area (Å²) in [7, 11) is 0. The smallest absolute Gasteiger partial charge is 0.282 e. The van der Waals surface area contributed by atoms with Crippen LogP contribution in [0.25, 0.3) is 0 Å². The highest BCUT2D eigenvalue weighted by Gasteiger charge is 2.42. The number of halogens is 3. The third-order valence-electron chi connectivity index (χ3n) is 2.71. The minimum Gasteiger partial charge on any atom is -0.282 e. The first-order valence-corrected chi connectivity index (χ1v) is 8.73. The second kappa shape index (κ2) is 6.61. The fraction of sp³-hybridized carbons (Fsp3) is 0.727. The van der Waals surface area contributed by atoms with Crippen LogP contribution in [0.15, 0.2) is 12.2 Å². The van der Waals surface area contributed by atoms with Crippen LogP contribution in [-0.2, 0) is 4.79 Å². The van der Waals surface area contributed by atoms with Crippen LogP contribution in [0.3, 0.4) is 0 Å². The summed E-state index contributed by atoms with van der Waals surface area (Å²) in [6, 6.07) is 0.